The van der Waals surface area contributed by atoms with E-state index in [4.69, 9.17) is 5.11 Å². The molecule has 0 fully saturated rings. The molecule has 0 bridgehead atoms. The zero-order valence-corrected chi connectivity index (χ0v) is 11.4. The van der Waals surface area contributed by atoms with Crippen molar-refractivity contribution in [2.24, 2.45) is 0 Å². The summed E-state index contributed by atoms with van der Waals surface area (Å²) in [5.74, 6) is -2.59. The number of hydrogen-bond acceptors (Lipinski definition) is 4. The standard InChI is InChI=1S/C15H12N2O5/c18-11-6-2-5-10-12(11)13(15(21)22)16-17(10)9-4-1-3-8(7-9)14(19)20/h1,3-4,7H,2,5-6H2,(H,19,20)(H,21,22). The predicted molar refractivity (Wildman–Crippen MR) is 74.8 cm³/mol. The SMILES string of the molecule is O=C(O)c1cccc(-n2nc(C(=O)O)c3c2CCCC3=O)c1. The third-order valence-electron chi connectivity index (χ3n) is 3.62. The molecule has 7 nitrogen and oxygen atoms in total. The molecule has 0 aliphatic heterocycles. The molecular formula is C15H12N2O5. The third-order valence-corrected chi connectivity index (χ3v) is 3.62. The molecule has 22 heavy (non-hydrogen) atoms. The van der Waals surface area contributed by atoms with Crippen LogP contribution in [-0.4, -0.2) is 37.7 Å². The molecule has 3 rings (SSSR count). The second-order valence-corrected chi connectivity index (χ2v) is 5.02. The number of rotatable bonds is 3. The summed E-state index contributed by atoms with van der Waals surface area (Å²) in [4.78, 5) is 34.4. The van der Waals surface area contributed by atoms with Gasteiger partial charge in [0, 0.05) is 6.42 Å². The van der Waals surface area contributed by atoms with Crippen LogP contribution in [-0.2, 0) is 6.42 Å². The molecule has 7 heteroatoms. The van der Waals surface area contributed by atoms with E-state index in [-0.39, 0.29) is 22.6 Å². The lowest BCUT2D eigenvalue weighted by Gasteiger charge is -2.13. The Balaban J connectivity index is 2.22. The van der Waals surface area contributed by atoms with Crippen LogP contribution in [0.3, 0.4) is 0 Å². The average molecular weight is 300 g/mol. The molecule has 0 amide bonds. The minimum absolute atomic E-state index is 0.0701. The van der Waals surface area contributed by atoms with Crippen LogP contribution in [0, 0.1) is 0 Å². The first kappa shape index (κ1) is 14.0. The second-order valence-electron chi connectivity index (χ2n) is 5.02. The maximum Gasteiger partial charge on any atom is 0.357 e. The number of fused-ring (bicyclic) bond motifs is 1. The lowest BCUT2D eigenvalue weighted by molar-refractivity contribution is 0.0679. The van der Waals surface area contributed by atoms with Crippen LogP contribution in [0.1, 0.15) is 49.7 Å². The quantitative estimate of drug-likeness (QED) is 0.894. The fraction of sp³-hybridized carbons (Fsp3) is 0.200. The highest BCUT2D eigenvalue weighted by Crippen LogP contribution is 2.27. The fourth-order valence-electron chi connectivity index (χ4n) is 2.65. The van der Waals surface area contributed by atoms with E-state index in [9.17, 15) is 19.5 Å². The molecule has 0 saturated heterocycles. The molecule has 1 aromatic heterocycles. The summed E-state index contributed by atoms with van der Waals surface area (Å²) in [5, 5.41) is 22.3. The van der Waals surface area contributed by atoms with Crippen molar-refractivity contribution >= 4 is 17.7 Å². The lowest BCUT2D eigenvalue weighted by atomic mass is 9.94. The van der Waals surface area contributed by atoms with Gasteiger partial charge >= 0.3 is 11.9 Å². The van der Waals surface area contributed by atoms with E-state index < -0.39 is 11.9 Å². The van der Waals surface area contributed by atoms with Crippen molar-refractivity contribution in [3.8, 4) is 5.69 Å². The minimum Gasteiger partial charge on any atom is -0.478 e. The number of carbonyl (C=O) groups is 3. The summed E-state index contributed by atoms with van der Waals surface area (Å²) in [5.41, 5.74) is 0.884. The van der Waals surface area contributed by atoms with Gasteiger partial charge in [-0.15, -0.1) is 0 Å². The monoisotopic (exact) mass is 300 g/mol. The normalized spacial score (nSPS) is 13.7. The summed E-state index contributed by atoms with van der Waals surface area (Å²) in [6, 6.07) is 6.02. The summed E-state index contributed by atoms with van der Waals surface area (Å²) in [7, 11) is 0. The van der Waals surface area contributed by atoms with Gasteiger partial charge in [-0.3, -0.25) is 4.79 Å². The van der Waals surface area contributed by atoms with Crippen LogP contribution >= 0.6 is 0 Å². The van der Waals surface area contributed by atoms with Crippen LogP contribution in [0.5, 0.6) is 0 Å². The highest BCUT2D eigenvalue weighted by Gasteiger charge is 2.30. The Hall–Kier alpha value is -2.96. The van der Waals surface area contributed by atoms with E-state index in [0.29, 0.717) is 30.6 Å². The maximum absolute atomic E-state index is 12.0. The predicted octanol–water partition coefficient (Wildman–Crippen LogP) is 1.79. The molecule has 2 aromatic rings. The van der Waals surface area contributed by atoms with E-state index >= 15 is 0 Å². The van der Waals surface area contributed by atoms with E-state index in [1.165, 1.54) is 16.8 Å². The smallest absolute Gasteiger partial charge is 0.357 e. The van der Waals surface area contributed by atoms with Crippen LogP contribution in [0.25, 0.3) is 5.69 Å². The minimum atomic E-state index is -1.26. The highest BCUT2D eigenvalue weighted by molar-refractivity contribution is 6.06. The third kappa shape index (κ3) is 2.16. The fourth-order valence-corrected chi connectivity index (χ4v) is 2.65. The number of carboxylic acid groups (broad SMARTS) is 2. The maximum atomic E-state index is 12.0. The Morgan fingerprint density at radius 1 is 1.14 bits per heavy atom. The molecule has 0 spiro atoms. The van der Waals surface area contributed by atoms with Crippen molar-refractivity contribution in [1.82, 2.24) is 9.78 Å². The zero-order valence-electron chi connectivity index (χ0n) is 11.4. The first-order chi connectivity index (χ1) is 10.5. The van der Waals surface area contributed by atoms with Crippen LogP contribution in [0.4, 0.5) is 0 Å². The average Bonchev–Trinajstić information content (AvgIpc) is 2.88. The summed E-state index contributed by atoms with van der Waals surface area (Å²) in [6.07, 6.45) is 1.45. The van der Waals surface area contributed by atoms with Crippen molar-refractivity contribution < 1.29 is 24.6 Å². The van der Waals surface area contributed by atoms with Gasteiger partial charge in [-0.1, -0.05) is 6.07 Å². The molecule has 0 atom stereocenters. The summed E-state index contributed by atoms with van der Waals surface area (Å²) >= 11 is 0. The van der Waals surface area contributed by atoms with E-state index in [2.05, 4.69) is 5.10 Å². The van der Waals surface area contributed by atoms with Gasteiger partial charge in [-0.05, 0) is 31.0 Å². The van der Waals surface area contributed by atoms with E-state index in [0.717, 1.165) is 0 Å². The number of nitrogens with zero attached hydrogens (tertiary/aromatic N) is 2. The highest BCUT2D eigenvalue weighted by atomic mass is 16.4. The number of aromatic carboxylic acids is 2. The molecular weight excluding hydrogens is 288 g/mol. The zero-order chi connectivity index (χ0) is 15.9. The van der Waals surface area contributed by atoms with Gasteiger partial charge in [0.1, 0.15) is 0 Å². The summed E-state index contributed by atoms with van der Waals surface area (Å²) < 4.78 is 1.36. The van der Waals surface area contributed by atoms with Gasteiger partial charge in [-0.2, -0.15) is 5.10 Å². The van der Waals surface area contributed by atoms with E-state index in [1.54, 1.807) is 12.1 Å². The number of aromatic nitrogens is 2. The lowest BCUT2D eigenvalue weighted by Crippen LogP contribution is -2.14. The molecule has 0 unspecified atom stereocenters. The number of carbonyl (C=O) groups excluding carboxylic acids is 1. The van der Waals surface area contributed by atoms with Gasteiger partial charge in [0.2, 0.25) is 0 Å². The molecule has 112 valence electrons. The van der Waals surface area contributed by atoms with Crippen molar-refractivity contribution in [3.05, 3.63) is 46.8 Å². The topological polar surface area (TPSA) is 109 Å². The van der Waals surface area contributed by atoms with Crippen molar-refractivity contribution in [1.29, 1.82) is 0 Å². The Morgan fingerprint density at radius 3 is 2.59 bits per heavy atom. The van der Waals surface area contributed by atoms with Crippen LogP contribution in [0.15, 0.2) is 24.3 Å². The first-order valence-electron chi connectivity index (χ1n) is 6.71. The van der Waals surface area contributed by atoms with Gasteiger partial charge in [0.05, 0.1) is 22.5 Å². The molecule has 0 radical (unpaired) electrons. The van der Waals surface area contributed by atoms with Gasteiger partial charge in [0.25, 0.3) is 0 Å². The second kappa shape index (κ2) is 5.10. The van der Waals surface area contributed by atoms with Gasteiger partial charge in [0.15, 0.2) is 11.5 Å². The Morgan fingerprint density at radius 2 is 1.91 bits per heavy atom. The van der Waals surface area contributed by atoms with Crippen molar-refractivity contribution in [2.75, 3.05) is 0 Å². The summed E-state index contributed by atoms with van der Waals surface area (Å²) in [6.45, 7) is 0. The number of ketones is 1. The number of carboxylic acids is 2. The van der Waals surface area contributed by atoms with Crippen LogP contribution < -0.4 is 0 Å². The molecule has 1 aliphatic rings. The Bertz CT molecular complexity index is 806. The van der Waals surface area contributed by atoms with Crippen LogP contribution in [0.2, 0.25) is 0 Å². The van der Waals surface area contributed by atoms with Gasteiger partial charge in [-0.25, -0.2) is 14.3 Å². The van der Waals surface area contributed by atoms with Crippen molar-refractivity contribution in [2.45, 2.75) is 19.3 Å². The Kier molecular flexibility index (Phi) is 3.25. The molecule has 0 saturated carbocycles. The van der Waals surface area contributed by atoms with Gasteiger partial charge < -0.3 is 10.2 Å². The Labute approximate surface area is 124 Å². The molecule has 2 N–H and O–H groups in total. The molecule has 1 heterocycles. The first-order valence-corrected chi connectivity index (χ1v) is 6.71. The molecule has 1 aliphatic carbocycles. The van der Waals surface area contributed by atoms with Crippen molar-refractivity contribution in [3.63, 3.8) is 0 Å². The number of hydrogen-bond donors (Lipinski definition) is 2. The number of Topliss-reactive ketones (excluding diaryl/α,β-unsaturated/α-hetero) is 1. The number of benzene rings is 1. The largest absolute Gasteiger partial charge is 0.478 e. The molecule has 1 aromatic carbocycles. The van der Waals surface area contributed by atoms with E-state index in [1.807, 2.05) is 0 Å².